The van der Waals surface area contributed by atoms with Gasteiger partial charge in [0.25, 0.3) is 5.91 Å². The first kappa shape index (κ1) is 13.3. The lowest BCUT2D eigenvalue weighted by Gasteiger charge is -2.44. The van der Waals surface area contributed by atoms with Gasteiger partial charge >= 0.3 is 0 Å². The molecule has 1 aromatic heterocycles. The number of aromatic nitrogens is 2. The van der Waals surface area contributed by atoms with Crippen molar-refractivity contribution in [1.29, 1.82) is 0 Å². The molecular formula is C16H24N4O. The topological polar surface area (TPSA) is 61.0 Å². The second-order valence-corrected chi connectivity index (χ2v) is 7.10. The molecule has 1 amide bonds. The van der Waals surface area contributed by atoms with Crippen LogP contribution >= 0.6 is 0 Å². The van der Waals surface area contributed by atoms with Gasteiger partial charge < -0.3 is 10.2 Å². The summed E-state index contributed by atoms with van der Waals surface area (Å²) in [5.41, 5.74) is 2.98. The van der Waals surface area contributed by atoms with E-state index in [-0.39, 0.29) is 5.91 Å². The van der Waals surface area contributed by atoms with E-state index in [9.17, 15) is 4.79 Å². The van der Waals surface area contributed by atoms with E-state index in [0.29, 0.717) is 23.6 Å². The predicted octanol–water partition coefficient (Wildman–Crippen LogP) is 1.36. The fourth-order valence-corrected chi connectivity index (χ4v) is 4.22. The van der Waals surface area contributed by atoms with Crippen LogP contribution in [0.5, 0.6) is 0 Å². The average Bonchev–Trinajstić information content (AvgIpc) is 2.91. The molecule has 3 saturated heterocycles. The van der Waals surface area contributed by atoms with Crippen LogP contribution in [-0.2, 0) is 12.8 Å². The zero-order chi connectivity index (χ0) is 14.4. The number of fused-ring (bicyclic) bond motifs is 4. The largest absolute Gasteiger partial charge is 0.346 e. The van der Waals surface area contributed by atoms with Gasteiger partial charge in [-0.25, -0.2) is 0 Å². The van der Waals surface area contributed by atoms with Gasteiger partial charge in [0.1, 0.15) is 0 Å². The molecule has 3 aliphatic heterocycles. The standard InChI is InChI=1S/C16H24N4O/c1-10-2-3-13-12(8-10)15(19-18-13)16(21)17-14-9-20-6-4-11(14)5-7-20/h10-11,14H,2-9H2,1H3,(H,17,21)(H,18,19)/t10-,14+/m1/s1. The Bertz CT molecular complexity index is 544. The van der Waals surface area contributed by atoms with Crippen molar-refractivity contribution >= 4 is 5.91 Å². The highest BCUT2D eigenvalue weighted by molar-refractivity contribution is 5.94. The van der Waals surface area contributed by atoms with Crippen LogP contribution in [0.25, 0.3) is 0 Å². The van der Waals surface area contributed by atoms with E-state index in [1.165, 1.54) is 38.0 Å². The molecule has 21 heavy (non-hydrogen) atoms. The van der Waals surface area contributed by atoms with Crippen molar-refractivity contribution in [3.05, 3.63) is 17.0 Å². The van der Waals surface area contributed by atoms with Gasteiger partial charge in [-0.3, -0.25) is 9.89 Å². The third kappa shape index (κ3) is 2.37. The number of nitrogens with zero attached hydrogens (tertiary/aromatic N) is 2. The minimum Gasteiger partial charge on any atom is -0.346 e. The maximum Gasteiger partial charge on any atom is 0.272 e. The molecule has 0 radical (unpaired) electrons. The summed E-state index contributed by atoms with van der Waals surface area (Å²) in [6, 6.07) is 0.313. The smallest absolute Gasteiger partial charge is 0.272 e. The van der Waals surface area contributed by atoms with Crippen molar-refractivity contribution in [2.24, 2.45) is 11.8 Å². The highest BCUT2D eigenvalue weighted by Crippen LogP contribution is 2.29. The molecular weight excluding hydrogens is 264 g/mol. The Morgan fingerprint density at radius 3 is 2.86 bits per heavy atom. The number of hydrogen-bond acceptors (Lipinski definition) is 3. The second kappa shape index (κ2) is 5.13. The summed E-state index contributed by atoms with van der Waals surface area (Å²) in [6.45, 7) is 5.67. The van der Waals surface area contributed by atoms with E-state index in [4.69, 9.17) is 0 Å². The fourth-order valence-electron chi connectivity index (χ4n) is 4.22. The number of aryl methyl sites for hydroxylation is 1. The zero-order valence-electron chi connectivity index (χ0n) is 12.7. The Labute approximate surface area is 125 Å². The first-order valence-corrected chi connectivity index (χ1v) is 8.30. The van der Waals surface area contributed by atoms with Crippen molar-refractivity contribution < 1.29 is 4.79 Å². The monoisotopic (exact) mass is 288 g/mol. The normalized spacial score (nSPS) is 34.5. The Kier molecular flexibility index (Phi) is 3.25. The van der Waals surface area contributed by atoms with Gasteiger partial charge in [-0.2, -0.15) is 5.10 Å². The Morgan fingerprint density at radius 1 is 1.33 bits per heavy atom. The molecule has 5 rings (SSSR count). The van der Waals surface area contributed by atoms with E-state index >= 15 is 0 Å². The average molecular weight is 288 g/mol. The third-order valence-electron chi connectivity index (χ3n) is 5.58. The van der Waals surface area contributed by atoms with Gasteiger partial charge in [-0.1, -0.05) is 6.92 Å². The lowest BCUT2D eigenvalue weighted by atomic mass is 9.83. The number of nitrogens with one attached hydrogen (secondary N) is 2. The van der Waals surface area contributed by atoms with E-state index in [0.717, 1.165) is 24.9 Å². The summed E-state index contributed by atoms with van der Waals surface area (Å²) in [5, 5.41) is 10.6. The molecule has 0 aromatic carbocycles. The quantitative estimate of drug-likeness (QED) is 0.864. The maximum atomic E-state index is 12.6. The predicted molar refractivity (Wildman–Crippen MR) is 80.2 cm³/mol. The molecule has 114 valence electrons. The molecule has 4 aliphatic rings. The number of aromatic amines is 1. The van der Waals surface area contributed by atoms with Crippen molar-refractivity contribution in [1.82, 2.24) is 20.4 Å². The lowest BCUT2D eigenvalue weighted by Crippen LogP contribution is -2.57. The summed E-state index contributed by atoms with van der Waals surface area (Å²) >= 11 is 0. The summed E-state index contributed by atoms with van der Waals surface area (Å²) in [5.74, 6) is 1.34. The van der Waals surface area contributed by atoms with Crippen LogP contribution in [0, 0.1) is 11.8 Å². The molecule has 2 N–H and O–H groups in total. The molecule has 1 aliphatic carbocycles. The van der Waals surface area contributed by atoms with E-state index in [1.807, 2.05) is 0 Å². The van der Waals surface area contributed by atoms with Gasteiger partial charge in [-0.05, 0) is 57.0 Å². The number of H-pyrrole nitrogens is 1. The number of amides is 1. The minimum absolute atomic E-state index is 0.0281. The van der Waals surface area contributed by atoms with Gasteiger partial charge in [0.15, 0.2) is 5.69 Å². The van der Waals surface area contributed by atoms with E-state index < -0.39 is 0 Å². The fraction of sp³-hybridized carbons (Fsp3) is 0.750. The molecule has 0 unspecified atom stereocenters. The lowest BCUT2D eigenvalue weighted by molar-refractivity contribution is 0.0617. The summed E-state index contributed by atoms with van der Waals surface area (Å²) in [7, 11) is 0. The van der Waals surface area contributed by atoms with Crippen molar-refractivity contribution in [3.63, 3.8) is 0 Å². The summed E-state index contributed by atoms with van der Waals surface area (Å²) in [6.07, 6.45) is 5.64. The summed E-state index contributed by atoms with van der Waals surface area (Å²) in [4.78, 5) is 15.1. The van der Waals surface area contributed by atoms with E-state index in [1.54, 1.807) is 0 Å². The second-order valence-electron chi connectivity index (χ2n) is 7.10. The van der Waals surface area contributed by atoms with Crippen LogP contribution in [0.1, 0.15) is 47.9 Å². The van der Waals surface area contributed by atoms with E-state index in [2.05, 4.69) is 27.3 Å². The van der Waals surface area contributed by atoms with Crippen LogP contribution in [-0.4, -0.2) is 46.7 Å². The molecule has 2 bridgehead atoms. The van der Waals surface area contributed by atoms with Gasteiger partial charge in [-0.15, -0.1) is 0 Å². The number of carbonyl (C=O) groups is 1. The zero-order valence-corrected chi connectivity index (χ0v) is 12.7. The Balaban J connectivity index is 1.49. The Morgan fingerprint density at radius 2 is 2.14 bits per heavy atom. The minimum atomic E-state index is 0.0281. The first-order chi connectivity index (χ1) is 10.2. The van der Waals surface area contributed by atoms with Gasteiger partial charge in [0.2, 0.25) is 0 Å². The molecule has 1 aromatic rings. The van der Waals surface area contributed by atoms with Crippen LogP contribution < -0.4 is 5.32 Å². The maximum absolute atomic E-state index is 12.6. The molecule has 2 atom stereocenters. The number of hydrogen-bond donors (Lipinski definition) is 2. The molecule has 4 heterocycles. The van der Waals surface area contributed by atoms with Crippen LogP contribution in [0.4, 0.5) is 0 Å². The highest BCUT2D eigenvalue weighted by atomic mass is 16.2. The third-order valence-corrected chi connectivity index (χ3v) is 5.58. The summed E-state index contributed by atoms with van der Waals surface area (Å²) < 4.78 is 0. The van der Waals surface area contributed by atoms with Crippen LogP contribution in [0.2, 0.25) is 0 Å². The SMILES string of the molecule is C[C@@H]1CCc2[nH]nc(C(=O)N[C@H]3CN4CCC3CC4)c2C1. The van der Waals surface area contributed by atoms with Gasteiger partial charge in [0, 0.05) is 23.8 Å². The molecule has 5 nitrogen and oxygen atoms in total. The first-order valence-electron chi connectivity index (χ1n) is 8.30. The number of piperidine rings is 3. The van der Waals surface area contributed by atoms with Crippen molar-refractivity contribution in [2.45, 2.75) is 45.1 Å². The molecule has 0 spiro atoms. The highest BCUT2D eigenvalue weighted by Gasteiger charge is 2.36. The van der Waals surface area contributed by atoms with Gasteiger partial charge in [0.05, 0.1) is 0 Å². The van der Waals surface area contributed by atoms with Crippen LogP contribution in [0.15, 0.2) is 0 Å². The molecule has 5 heteroatoms. The van der Waals surface area contributed by atoms with Crippen molar-refractivity contribution in [3.8, 4) is 0 Å². The van der Waals surface area contributed by atoms with Crippen molar-refractivity contribution in [2.75, 3.05) is 19.6 Å². The Hall–Kier alpha value is -1.36. The number of rotatable bonds is 2. The number of carbonyl (C=O) groups excluding carboxylic acids is 1. The van der Waals surface area contributed by atoms with Crippen LogP contribution in [0.3, 0.4) is 0 Å². The molecule has 0 saturated carbocycles. The molecule has 3 fully saturated rings.